The summed E-state index contributed by atoms with van der Waals surface area (Å²) in [6.45, 7) is 4.50. The monoisotopic (exact) mass is 284 g/mol. The Hall–Kier alpha value is -2.30. The third kappa shape index (κ3) is 2.91. The lowest BCUT2D eigenvalue weighted by Crippen LogP contribution is -2.23. The summed E-state index contributed by atoms with van der Waals surface area (Å²) in [4.78, 5) is 13.7. The molecule has 2 heterocycles. The Morgan fingerprint density at radius 2 is 2.24 bits per heavy atom. The molecule has 1 saturated heterocycles. The topological polar surface area (TPSA) is 50.2 Å². The second-order valence-corrected chi connectivity index (χ2v) is 5.19. The number of carbonyl (C=O) groups is 1. The minimum Gasteiger partial charge on any atom is -0.379 e. The number of benzene rings is 1. The number of hydrogen-bond donors (Lipinski definition) is 1. The van der Waals surface area contributed by atoms with Crippen LogP contribution in [0.15, 0.2) is 36.5 Å². The number of nitrogens with one attached hydrogen (secondary N) is 1. The van der Waals surface area contributed by atoms with E-state index in [1.54, 1.807) is 0 Å². The predicted octanol–water partition coefficient (Wildman–Crippen LogP) is 2.64. The molecule has 3 rings (SSSR count). The van der Waals surface area contributed by atoms with Gasteiger partial charge in [0.2, 0.25) is 5.91 Å². The van der Waals surface area contributed by atoms with Crippen molar-refractivity contribution < 1.29 is 4.79 Å². The highest BCUT2D eigenvalue weighted by molar-refractivity contribution is 5.95. The molecule has 1 aromatic carbocycles. The van der Waals surface area contributed by atoms with Crippen LogP contribution in [-0.4, -0.2) is 22.2 Å². The van der Waals surface area contributed by atoms with E-state index >= 15 is 0 Å². The van der Waals surface area contributed by atoms with Crippen molar-refractivity contribution in [2.45, 2.75) is 32.9 Å². The Kier molecular flexibility index (Phi) is 3.90. The molecule has 1 fully saturated rings. The van der Waals surface area contributed by atoms with Crippen LogP contribution in [0.25, 0.3) is 0 Å². The largest absolute Gasteiger partial charge is 0.379 e. The van der Waals surface area contributed by atoms with Gasteiger partial charge in [-0.3, -0.25) is 9.48 Å². The minimum absolute atomic E-state index is 0.219. The second kappa shape index (κ2) is 5.99. The zero-order valence-electron chi connectivity index (χ0n) is 12.2. The van der Waals surface area contributed by atoms with Gasteiger partial charge in [0.05, 0.1) is 12.2 Å². The van der Waals surface area contributed by atoms with E-state index in [4.69, 9.17) is 0 Å². The van der Waals surface area contributed by atoms with Gasteiger partial charge in [-0.1, -0.05) is 6.07 Å². The summed E-state index contributed by atoms with van der Waals surface area (Å²) in [6.07, 6.45) is 3.43. The molecule has 1 N–H and O–H groups in total. The molecular formula is C16H20N4O. The molecule has 0 radical (unpaired) electrons. The predicted molar refractivity (Wildman–Crippen MR) is 83.3 cm³/mol. The Labute approximate surface area is 124 Å². The lowest BCUT2D eigenvalue weighted by Gasteiger charge is -2.17. The quantitative estimate of drug-likeness (QED) is 0.918. The zero-order chi connectivity index (χ0) is 14.7. The molecule has 110 valence electrons. The number of nitrogens with zero attached hydrogens (tertiary/aromatic N) is 3. The van der Waals surface area contributed by atoms with Crippen LogP contribution in [-0.2, 0) is 17.9 Å². The summed E-state index contributed by atoms with van der Waals surface area (Å²) in [5, 5.41) is 7.66. The van der Waals surface area contributed by atoms with E-state index in [0.29, 0.717) is 6.42 Å². The first-order valence-electron chi connectivity index (χ1n) is 7.43. The molecule has 0 atom stereocenters. The average Bonchev–Trinajstić information content (AvgIpc) is 3.13. The third-order valence-corrected chi connectivity index (χ3v) is 3.81. The van der Waals surface area contributed by atoms with E-state index in [9.17, 15) is 4.79 Å². The molecule has 0 aliphatic carbocycles. The van der Waals surface area contributed by atoms with Gasteiger partial charge in [0.25, 0.3) is 0 Å². The van der Waals surface area contributed by atoms with E-state index in [2.05, 4.69) is 17.3 Å². The Morgan fingerprint density at radius 3 is 3.00 bits per heavy atom. The Bertz CT molecular complexity index is 635. The number of anilines is 2. The van der Waals surface area contributed by atoms with Crippen molar-refractivity contribution in [2.75, 3.05) is 16.8 Å². The highest BCUT2D eigenvalue weighted by Gasteiger charge is 2.21. The molecule has 0 unspecified atom stereocenters. The van der Waals surface area contributed by atoms with Crippen LogP contribution < -0.4 is 10.2 Å². The fraction of sp³-hybridized carbons (Fsp3) is 0.375. The molecule has 0 saturated carbocycles. The lowest BCUT2D eigenvalue weighted by atomic mass is 10.2. The van der Waals surface area contributed by atoms with Gasteiger partial charge in [-0.2, -0.15) is 5.10 Å². The number of aromatic nitrogens is 2. The fourth-order valence-electron chi connectivity index (χ4n) is 2.69. The normalized spacial score (nSPS) is 14.7. The highest BCUT2D eigenvalue weighted by Crippen LogP contribution is 2.24. The first-order valence-corrected chi connectivity index (χ1v) is 7.43. The van der Waals surface area contributed by atoms with Crippen molar-refractivity contribution in [1.82, 2.24) is 9.78 Å². The maximum Gasteiger partial charge on any atom is 0.227 e. The minimum atomic E-state index is 0.219. The molecule has 1 aliphatic rings. The number of aryl methyl sites for hydroxylation is 1. The molecule has 21 heavy (non-hydrogen) atoms. The summed E-state index contributed by atoms with van der Waals surface area (Å²) < 4.78 is 1.97. The lowest BCUT2D eigenvalue weighted by molar-refractivity contribution is -0.117. The van der Waals surface area contributed by atoms with E-state index < -0.39 is 0 Å². The third-order valence-electron chi connectivity index (χ3n) is 3.81. The molecule has 0 spiro atoms. The van der Waals surface area contributed by atoms with Crippen LogP contribution in [0.3, 0.4) is 0 Å². The van der Waals surface area contributed by atoms with Crippen LogP contribution in [0.2, 0.25) is 0 Å². The number of amides is 1. The van der Waals surface area contributed by atoms with Gasteiger partial charge in [-0.25, -0.2) is 0 Å². The first-order chi connectivity index (χ1) is 10.3. The van der Waals surface area contributed by atoms with Crippen LogP contribution in [0, 0.1) is 0 Å². The van der Waals surface area contributed by atoms with Gasteiger partial charge in [0, 0.05) is 37.1 Å². The van der Waals surface area contributed by atoms with Crippen molar-refractivity contribution in [1.29, 1.82) is 0 Å². The van der Waals surface area contributed by atoms with Crippen molar-refractivity contribution in [3.63, 3.8) is 0 Å². The van der Waals surface area contributed by atoms with Gasteiger partial charge in [-0.05, 0) is 37.6 Å². The number of rotatable bonds is 5. The van der Waals surface area contributed by atoms with Crippen LogP contribution >= 0.6 is 0 Å². The van der Waals surface area contributed by atoms with E-state index in [0.717, 1.165) is 43.1 Å². The number of carbonyl (C=O) groups excluding carboxylic acids is 1. The second-order valence-electron chi connectivity index (χ2n) is 5.19. The Morgan fingerprint density at radius 1 is 1.33 bits per heavy atom. The molecule has 1 aliphatic heterocycles. The summed E-state index contributed by atoms with van der Waals surface area (Å²) in [7, 11) is 0. The van der Waals surface area contributed by atoms with Crippen LogP contribution in [0.4, 0.5) is 11.4 Å². The summed E-state index contributed by atoms with van der Waals surface area (Å²) >= 11 is 0. The molecule has 0 bridgehead atoms. The SMILES string of the molecule is CCn1nccc1CNc1cccc(N2CCCC2=O)c1. The molecule has 2 aromatic rings. The zero-order valence-corrected chi connectivity index (χ0v) is 12.2. The van der Waals surface area contributed by atoms with Crippen molar-refractivity contribution >= 4 is 17.3 Å². The van der Waals surface area contributed by atoms with Crippen molar-refractivity contribution in [2.24, 2.45) is 0 Å². The molecular weight excluding hydrogens is 264 g/mol. The highest BCUT2D eigenvalue weighted by atomic mass is 16.2. The molecule has 5 heteroatoms. The maximum absolute atomic E-state index is 11.8. The van der Waals surface area contributed by atoms with Crippen molar-refractivity contribution in [3.8, 4) is 0 Å². The standard InChI is InChI=1S/C16H20N4O/c1-2-20-15(8-9-18-20)12-17-13-5-3-6-14(11-13)19-10-4-7-16(19)21/h3,5-6,8-9,11,17H,2,4,7,10,12H2,1H3. The van der Waals surface area contributed by atoms with Crippen LogP contribution in [0.5, 0.6) is 0 Å². The fourth-order valence-corrected chi connectivity index (χ4v) is 2.69. The van der Waals surface area contributed by atoms with Gasteiger partial charge >= 0.3 is 0 Å². The molecule has 1 aromatic heterocycles. The smallest absolute Gasteiger partial charge is 0.227 e. The molecule has 5 nitrogen and oxygen atoms in total. The summed E-state index contributed by atoms with van der Waals surface area (Å²) in [6, 6.07) is 10.1. The van der Waals surface area contributed by atoms with Gasteiger partial charge in [0.1, 0.15) is 0 Å². The summed E-state index contributed by atoms with van der Waals surface area (Å²) in [5.41, 5.74) is 3.16. The van der Waals surface area contributed by atoms with Crippen molar-refractivity contribution in [3.05, 3.63) is 42.2 Å². The van der Waals surface area contributed by atoms with E-state index in [1.165, 1.54) is 0 Å². The van der Waals surface area contributed by atoms with Gasteiger partial charge in [-0.15, -0.1) is 0 Å². The van der Waals surface area contributed by atoms with Gasteiger partial charge < -0.3 is 10.2 Å². The van der Waals surface area contributed by atoms with E-state index in [1.807, 2.05) is 46.1 Å². The maximum atomic E-state index is 11.8. The van der Waals surface area contributed by atoms with E-state index in [-0.39, 0.29) is 5.91 Å². The van der Waals surface area contributed by atoms with Crippen LogP contribution in [0.1, 0.15) is 25.5 Å². The van der Waals surface area contributed by atoms with Gasteiger partial charge in [0.15, 0.2) is 0 Å². The first kappa shape index (κ1) is 13.7. The average molecular weight is 284 g/mol. The summed E-state index contributed by atoms with van der Waals surface area (Å²) in [5.74, 6) is 0.219. The Balaban J connectivity index is 1.70. The molecule has 1 amide bonds. The number of hydrogen-bond acceptors (Lipinski definition) is 3.